The van der Waals surface area contributed by atoms with Crippen LogP contribution in [0.5, 0.6) is 0 Å². The van der Waals surface area contributed by atoms with Crippen molar-refractivity contribution in [3.05, 3.63) is 53.9 Å². The van der Waals surface area contributed by atoms with E-state index >= 15 is 0 Å². The number of hydrogen-bond donors (Lipinski definition) is 2. The number of nitrogens with one attached hydrogen (secondary N) is 2. The maximum atomic E-state index is 12.6. The number of likely N-dealkylation sites (tertiary alicyclic amines) is 1. The quantitative estimate of drug-likeness (QED) is 0.835. The molecule has 0 radical (unpaired) electrons. The summed E-state index contributed by atoms with van der Waals surface area (Å²) < 4.78 is 1.72. The third-order valence-corrected chi connectivity index (χ3v) is 4.79. The van der Waals surface area contributed by atoms with Gasteiger partial charge in [0.05, 0.1) is 6.20 Å². The summed E-state index contributed by atoms with van der Waals surface area (Å²) in [6.45, 7) is 3.00. The van der Waals surface area contributed by atoms with Gasteiger partial charge in [-0.1, -0.05) is 30.3 Å². The van der Waals surface area contributed by atoms with E-state index in [2.05, 4.69) is 44.9 Å². The van der Waals surface area contributed by atoms with E-state index in [9.17, 15) is 4.79 Å². The molecule has 1 amide bonds. The second-order valence-electron chi connectivity index (χ2n) is 6.71. The highest BCUT2D eigenvalue weighted by Gasteiger charge is 2.25. The van der Waals surface area contributed by atoms with Crippen LogP contribution in [0.15, 0.2) is 42.7 Å². The average Bonchev–Trinajstić information content (AvgIpc) is 3.04. The Morgan fingerprint density at radius 1 is 1.28 bits per heavy atom. The van der Waals surface area contributed by atoms with Gasteiger partial charge in [-0.2, -0.15) is 5.10 Å². The van der Waals surface area contributed by atoms with Crippen molar-refractivity contribution in [3.8, 4) is 0 Å². The molecule has 134 valence electrons. The number of carbonyl (C=O) groups is 1. The van der Waals surface area contributed by atoms with Gasteiger partial charge in [0.15, 0.2) is 0 Å². The van der Waals surface area contributed by atoms with Crippen LogP contribution in [0.3, 0.4) is 0 Å². The first-order chi connectivity index (χ1) is 12.2. The third kappa shape index (κ3) is 4.67. The molecule has 2 aromatic rings. The minimum atomic E-state index is -0.351. The zero-order valence-electron chi connectivity index (χ0n) is 15.0. The van der Waals surface area contributed by atoms with Crippen LogP contribution in [0.1, 0.15) is 30.0 Å². The molecule has 1 saturated heterocycles. The number of benzene rings is 1. The van der Waals surface area contributed by atoms with Crippen molar-refractivity contribution >= 4 is 5.91 Å². The van der Waals surface area contributed by atoms with Gasteiger partial charge in [0.1, 0.15) is 6.04 Å². The molecule has 25 heavy (non-hydrogen) atoms. The van der Waals surface area contributed by atoms with E-state index in [-0.39, 0.29) is 18.0 Å². The number of amides is 1. The normalized spacial score (nSPS) is 17.4. The van der Waals surface area contributed by atoms with E-state index in [0.29, 0.717) is 0 Å². The maximum absolute atomic E-state index is 12.6. The van der Waals surface area contributed by atoms with E-state index in [1.54, 1.807) is 17.9 Å². The standard InChI is InChI=1S/C19H27N5O/c1-20-18(16-12-21-23(2)14-16)19(25)22-17-8-10-24(11-9-17)13-15-6-4-3-5-7-15/h3-7,12,14,17-18,20H,8-11,13H2,1-2H3,(H,22,25). The SMILES string of the molecule is CNC(C(=O)NC1CCN(Cc2ccccc2)CC1)c1cnn(C)c1. The number of nitrogens with zero attached hydrogens (tertiary/aromatic N) is 3. The van der Waals surface area contributed by atoms with E-state index < -0.39 is 0 Å². The van der Waals surface area contributed by atoms with Gasteiger partial charge < -0.3 is 10.6 Å². The Morgan fingerprint density at radius 3 is 2.60 bits per heavy atom. The molecule has 0 saturated carbocycles. The number of rotatable bonds is 6. The van der Waals surface area contributed by atoms with Crippen molar-refractivity contribution < 1.29 is 4.79 Å². The Bertz CT molecular complexity index is 676. The van der Waals surface area contributed by atoms with Gasteiger partial charge in [-0.25, -0.2) is 0 Å². The van der Waals surface area contributed by atoms with Gasteiger partial charge in [-0.3, -0.25) is 14.4 Å². The lowest BCUT2D eigenvalue weighted by molar-refractivity contribution is -0.124. The Hall–Kier alpha value is -2.18. The lowest BCUT2D eigenvalue weighted by Gasteiger charge is -2.33. The molecule has 6 heteroatoms. The van der Waals surface area contributed by atoms with Crippen molar-refractivity contribution in [2.75, 3.05) is 20.1 Å². The molecule has 1 fully saturated rings. The molecule has 0 spiro atoms. The molecule has 2 N–H and O–H groups in total. The zero-order valence-corrected chi connectivity index (χ0v) is 15.0. The lowest BCUT2D eigenvalue weighted by atomic mass is 10.0. The molecule has 1 atom stereocenters. The average molecular weight is 341 g/mol. The van der Waals surface area contributed by atoms with Crippen LogP contribution in [-0.4, -0.2) is 46.8 Å². The Morgan fingerprint density at radius 2 is 2.00 bits per heavy atom. The van der Waals surface area contributed by atoms with E-state index in [4.69, 9.17) is 0 Å². The fourth-order valence-electron chi connectivity index (χ4n) is 3.40. The predicted molar refractivity (Wildman–Crippen MR) is 97.9 cm³/mol. The van der Waals surface area contributed by atoms with Gasteiger partial charge in [0.2, 0.25) is 5.91 Å². The predicted octanol–water partition coefficient (Wildman–Crippen LogP) is 1.46. The summed E-state index contributed by atoms with van der Waals surface area (Å²) in [6, 6.07) is 10.4. The van der Waals surface area contributed by atoms with Gasteiger partial charge in [-0.15, -0.1) is 0 Å². The molecule has 2 heterocycles. The lowest BCUT2D eigenvalue weighted by Crippen LogP contribution is -2.47. The Labute approximate surface area is 149 Å². The van der Waals surface area contributed by atoms with Crippen molar-refractivity contribution in [1.29, 1.82) is 0 Å². The molecule has 0 aliphatic carbocycles. The summed E-state index contributed by atoms with van der Waals surface area (Å²) in [5.74, 6) is 0.0250. The molecule has 3 rings (SSSR count). The number of hydrogen-bond acceptors (Lipinski definition) is 4. The summed E-state index contributed by atoms with van der Waals surface area (Å²) in [5.41, 5.74) is 2.24. The minimum absolute atomic E-state index is 0.0250. The highest BCUT2D eigenvalue weighted by Crippen LogP contribution is 2.16. The smallest absolute Gasteiger partial charge is 0.242 e. The van der Waals surface area contributed by atoms with Crippen LogP contribution >= 0.6 is 0 Å². The zero-order chi connectivity index (χ0) is 17.6. The second-order valence-corrected chi connectivity index (χ2v) is 6.71. The molecular formula is C19H27N5O. The largest absolute Gasteiger partial charge is 0.352 e. The van der Waals surface area contributed by atoms with Crippen molar-refractivity contribution in [2.24, 2.45) is 7.05 Å². The molecular weight excluding hydrogens is 314 g/mol. The Kier molecular flexibility index (Phi) is 5.83. The molecule has 6 nitrogen and oxygen atoms in total. The molecule has 1 aromatic heterocycles. The fourth-order valence-corrected chi connectivity index (χ4v) is 3.40. The monoisotopic (exact) mass is 341 g/mol. The van der Waals surface area contributed by atoms with Gasteiger partial charge in [0.25, 0.3) is 0 Å². The van der Waals surface area contributed by atoms with Gasteiger partial charge >= 0.3 is 0 Å². The summed E-state index contributed by atoms with van der Waals surface area (Å²) in [7, 11) is 3.66. The number of likely N-dealkylation sites (N-methyl/N-ethyl adjacent to an activating group) is 1. The summed E-state index contributed by atoms with van der Waals surface area (Å²) >= 11 is 0. The molecule has 1 unspecified atom stereocenters. The highest BCUT2D eigenvalue weighted by molar-refractivity contribution is 5.83. The van der Waals surface area contributed by atoms with Crippen LogP contribution in [0.4, 0.5) is 0 Å². The molecule has 1 aliphatic rings. The first-order valence-electron chi connectivity index (χ1n) is 8.88. The van der Waals surface area contributed by atoms with Crippen molar-refractivity contribution in [1.82, 2.24) is 25.3 Å². The van der Waals surface area contributed by atoms with Gasteiger partial charge in [-0.05, 0) is 25.5 Å². The molecule has 0 bridgehead atoms. The summed E-state index contributed by atoms with van der Waals surface area (Å²) in [6.07, 6.45) is 5.59. The highest BCUT2D eigenvalue weighted by atomic mass is 16.2. The Balaban J connectivity index is 1.49. The third-order valence-electron chi connectivity index (χ3n) is 4.79. The minimum Gasteiger partial charge on any atom is -0.352 e. The van der Waals surface area contributed by atoms with Crippen LogP contribution in [0, 0.1) is 0 Å². The first-order valence-corrected chi connectivity index (χ1v) is 8.88. The second kappa shape index (κ2) is 8.27. The summed E-state index contributed by atoms with van der Waals surface area (Å²) in [5, 5.41) is 10.4. The number of aromatic nitrogens is 2. The van der Waals surface area contributed by atoms with Crippen molar-refractivity contribution in [3.63, 3.8) is 0 Å². The number of piperidine rings is 1. The van der Waals surface area contributed by atoms with Crippen LogP contribution in [0.25, 0.3) is 0 Å². The number of aryl methyl sites for hydroxylation is 1. The van der Waals surface area contributed by atoms with Crippen LogP contribution in [0.2, 0.25) is 0 Å². The maximum Gasteiger partial charge on any atom is 0.242 e. The van der Waals surface area contributed by atoms with Crippen LogP contribution < -0.4 is 10.6 Å². The van der Waals surface area contributed by atoms with Crippen LogP contribution in [-0.2, 0) is 18.4 Å². The summed E-state index contributed by atoms with van der Waals surface area (Å²) in [4.78, 5) is 15.1. The van der Waals surface area contributed by atoms with Gasteiger partial charge in [0, 0.05) is 44.5 Å². The fraction of sp³-hybridized carbons (Fsp3) is 0.474. The number of carbonyl (C=O) groups excluding carboxylic acids is 1. The molecule has 1 aliphatic heterocycles. The van der Waals surface area contributed by atoms with E-state index in [1.165, 1.54) is 5.56 Å². The van der Waals surface area contributed by atoms with E-state index in [0.717, 1.165) is 38.0 Å². The van der Waals surface area contributed by atoms with E-state index in [1.807, 2.05) is 19.3 Å². The first kappa shape index (κ1) is 17.6. The topological polar surface area (TPSA) is 62.2 Å². The molecule has 1 aromatic carbocycles. The van der Waals surface area contributed by atoms with Crippen molar-refractivity contribution in [2.45, 2.75) is 31.5 Å².